The number of nitrogens with two attached hydrogens (primary N) is 1. The van der Waals surface area contributed by atoms with E-state index in [9.17, 15) is 4.79 Å². The number of amides is 1. The number of aliphatic hydroxyl groups excluding tert-OH is 1. The standard InChI is InChI=1S/C9H15N3O2/c1-6(5-13)11-9(14)8-3-7(10)4-12(8)2/h3-4,6,13H,5,10H2,1-2H3,(H,11,14)/t6-/m0/s1. The number of carbonyl (C=O) groups excluding carboxylic acids is 1. The number of nitrogens with zero attached hydrogens (tertiary/aromatic N) is 1. The van der Waals surface area contributed by atoms with E-state index >= 15 is 0 Å². The van der Waals surface area contributed by atoms with E-state index in [1.165, 1.54) is 0 Å². The Labute approximate surface area is 82.5 Å². The summed E-state index contributed by atoms with van der Waals surface area (Å²) >= 11 is 0. The molecule has 0 aliphatic rings. The second-order valence-electron chi connectivity index (χ2n) is 3.33. The summed E-state index contributed by atoms with van der Waals surface area (Å²) in [6.07, 6.45) is 1.67. The van der Waals surface area contributed by atoms with E-state index in [1.54, 1.807) is 30.8 Å². The topological polar surface area (TPSA) is 80.3 Å². The number of aliphatic hydroxyl groups is 1. The minimum atomic E-state index is -0.251. The smallest absolute Gasteiger partial charge is 0.268 e. The molecule has 1 rings (SSSR count). The minimum Gasteiger partial charge on any atom is -0.397 e. The van der Waals surface area contributed by atoms with Crippen LogP contribution < -0.4 is 11.1 Å². The first-order chi connectivity index (χ1) is 6.54. The zero-order valence-electron chi connectivity index (χ0n) is 8.32. The molecule has 0 radical (unpaired) electrons. The fourth-order valence-electron chi connectivity index (χ4n) is 1.16. The fraction of sp³-hybridized carbons (Fsp3) is 0.444. The summed E-state index contributed by atoms with van der Waals surface area (Å²) in [5.74, 6) is -0.231. The lowest BCUT2D eigenvalue weighted by molar-refractivity contribution is 0.0914. The normalized spacial score (nSPS) is 12.5. The van der Waals surface area contributed by atoms with Gasteiger partial charge in [-0.3, -0.25) is 4.79 Å². The van der Waals surface area contributed by atoms with Crippen LogP contribution in [0.3, 0.4) is 0 Å². The molecule has 1 amide bonds. The summed E-state index contributed by atoms with van der Waals surface area (Å²) in [5, 5.41) is 11.4. The van der Waals surface area contributed by atoms with E-state index in [4.69, 9.17) is 10.8 Å². The SMILES string of the molecule is C[C@@H](CO)NC(=O)c1cc(N)cn1C. The maximum atomic E-state index is 11.5. The van der Waals surface area contributed by atoms with Crippen molar-refractivity contribution in [1.29, 1.82) is 0 Å². The Balaban J connectivity index is 2.74. The molecule has 0 bridgehead atoms. The summed E-state index contributed by atoms with van der Waals surface area (Å²) in [5.41, 5.74) is 6.57. The maximum absolute atomic E-state index is 11.5. The fourth-order valence-corrected chi connectivity index (χ4v) is 1.16. The third-order valence-corrected chi connectivity index (χ3v) is 1.91. The maximum Gasteiger partial charge on any atom is 0.268 e. The van der Waals surface area contributed by atoms with Gasteiger partial charge in [0.25, 0.3) is 5.91 Å². The molecule has 14 heavy (non-hydrogen) atoms. The molecule has 1 aromatic heterocycles. The number of nitrogens with one attached hydrogen (secondary N) is 1. The van der Waals surface area contributed by atoms with Gasteiger partial charge in [-0.2, -0.15) is 0 Å². The number of aromatic nitrogens is 1. The molecule has 0 aromatic carbocycles. The van der Waals surface area contributed by atoms with Crippen molar-refractivity contribution < 1.29 is 9.90 Å². The number of carbonyl (C=O) groups is 1. The third-order valence-electron chi connectivity index (χ3n) is 1.91. The molecule has 5 heteroatoms. The molecule has 0 saturated heterocycles. The van der Waals surface area contributed by atoms with Gasteiger partial charge in [-0.25, -0.2) is 0 Å². The molecule has 4 N–H and O–H groups in total. The van der Waals surface area contributed by atoms with Gasteiger partial charge in [-0.1, -0.05) is 0 Å². The number of aryl methyl sites for hydroxylation is 1. The number of anilines is 1. The summed E-state index contributed by atoms with van der Waals surface area (Å²) in [4.78, 5) is 11.5. The van der Waals surface area contributed by atoms with Gasteiger partial charge in [-0.15, -0.1) is 0 Å². The highest BCUT2D eigenvalue weighted by Gasteiger charge is 2.12. The molecule has 0 aliphatic heterocycles. The van der Waals surface area contributed by atoms with Crippen LogP contribution in [-0.2, 0) is 7.05 Å². The average molecular weight is 197 g/mol. The predicted octanol–water partition coefficient (Wildman–Crippen LogP) is -0.282. The molecular weight excluding hydrogens is 182 g/mol. The second-order valence-corrected chi connectivity index (χ2v) is 3.33. The van der Waals surface area contributed by atoms with Crippen molar-refractivity contribution in [2.24, 2.45) is 7.05 Å². The van der Waals surface area contributed by atoms with Crippen LogP contribution in [-0.4, -0.2) is 28.2 Å². The summed E-state index contributed by atoms with van der Waals surface area (Å²) in [7, 11) is 1.74. The van der Waals surface area contributed by atoms with E-state index in [-0.39, 0.29) is 18.6 Å². The number of hydrogen-bond donors (Lipinski definition) is 3. The summed E-state index contributed by atoms with van der Waals surface area (Å²) in [6, 6.07) is 1.35. The lowest BCUT2D eigenvalue weighted by Crippen LogP contribution is -2.35. The average Bonchev–Trinajstić information content (AvgIpc) is 2.45. The first-order valence-electron chi connectivity index (χ1n) is 4.38. The molecule has 1 heterocycles. The van der Waals surface area contributed by atoms with E-state index in [1.807, 2.05) is 0 Å². The first-order valence-corrected chi connectivity index (χ1v) is 4.38. The van der Waals surface area contributed by atoms with Crippen molar-refractivity contribution in [3.8, 4) is 0 Å². The van der Waals surface area contributed by atoms with E-state index in [0.29, 0.717) is 11.4 Å². The van der Waals surface area contributed by atoms with Gasteiger partial charge in [0.2, 0.25) is 0 Å². The predicted molar refractivity (Wildman–Crippen MR) is 53.8 cm³/mol. The Hall–Kier alpha value is -1.49. The van der Waals surface area contributed by atoms with Crippen molar-refractivity contribution in [2.45, 2.75) is 13.0 Å². The zero-order chi connectivity index (χ0) is 10.7. The van der Waals surface area contributed by atoms with Crippen LogP contribution in [0.4, 0.5) is 5.69 Å². The van der Waals surface area contributed by atoms with Crippen LogP contribution in [0.5, 0.6) is 0 Å². The Kier molecular flexibility index (Phi) is 3.14. The van der Waals surface area contributed by atoms with Crippen LogP contribution >= 0.6 is 0 Å². The Morgan fingerprint density at radius 2 is 2.43 bits per heavy atom. The number of hydrogen-bond acceptors (Lipinski definition) is 3. The largest absolute Gasteiger partial charge is 0.397 e. The van der Waals surface area contributed by atoms with Crippen LogP contribution in [0.1, 0.15) is 17.4 Å². The quantitative estimate of drug-likeness (QED) is 0.623. The molecule has 78 valence electrons. The van der Waals surface area contributed by atoms with Crippen molar-refractivity contribution in [1.82, 2.24) is 9.88 Å². The molecule has 0 saturated carbocycles. The third kappa shape index (κ3) is 2.26. The Morgan fingerprint density at radius 3 is 2.86 bits per heavy atom. The van der Waals surface area contributed by atoms with Crippen LogP contribution in [0.2, 0.25) is 0 Å². The lowest BCUT2D eigenvalue weighted by atomic mass is 10.3. The monoisotopic (exact) mass is 197 g/mol. The van der Waals surface area contributed by atoms with Crippen LogP contribution in [0, 0.1) is 0 Å². The Bertz CT molecular complexity index is 333. The molecule has 0 unspecified atom stereocenters. The highest BCUT2D eigenvalue weighted by Crippen LogP contribution is 2.08. The molecule has 0 aliphatic carbocycles. The molecule has 5 nitrogen and oxygen atoms in total. The zero-order valence-corrected chi connectivity index (χ0v) is 8.32. The highest BCUT2D eigenvalue weighted by atomic mass is 16.3. The van der Waals surface area contributed by atoms with Crippen molar-refractivity contribution >= 4 is 11.6 Å². The van der Waals surface area contributed by atoms with Crippen LogP contribution in [0.25, 0.3) is 0 Å². The van der Waals surface area contributed by atoms with E-state index in [2.05, 4.69) is 5.32 Å². The molecule has 0 spiro atoms. The summed E-state index contributed by atoms with van der Waals surface area (Å²) < 4.78 is 1.65. The van der Waals surface area contributed by atoms with Crippen molar-refractivity contribution in [3.63, 3.8) is 0 Å². The van der Waals surface area contributed by atoms with E-state index in [0.717, 1.165) is 0 Å². The first kappa shape index (κ1) is 10.6. The summed E-state index contributed by atoms with van der Waals surface area (Å²) in [6.45, 7) is 1.65. The number of nitrogen functional groups attached to an aromatic ring is 1. The van der Waals surface area contributed by atoms with Gasteiger partial charge in [0.05, 0.1) is 12.3 Å². The van der Waals surface area contributed by atoms with Crippen molar-refractivity contribution in [3.05, 3.63) is 18.0 Å². The highest BCUT2D eigenvalue weighted by molar-refractivity contribution is 5.93. The van der Waals surface area contributed by atoms with E-state index < -0.39 is 0 Å². The van der Waals surface area contributed by atoms with Gasteiger partial charge in [0, 0.05) is 19.3 Å². The van der Waals surface area contributed by atoms with Gasteiger partial charge in [0.1, 0.15) is 5.69 Å². The number of rotatable bonds is 3. The minimum absolute atomic E-state index is 0.0777. The van der Waals surface area contributed by atoms with Gasteiger partial charge in [0.15, 0.2) is 0 Å². The molecule has 1 atom stereocenters. The van der Waals surface area contributed by atoms with Gasteiger partial charge >= 0.3 is 0 Å². The lowest BCUT2D eigenvalue weighted by Gasteiger charge is -2.10. The molecule has 1 aromatic rings. The Morgan fingerprint density at radius 1 is 1.79 bits per heavy atom. The second kappa shape index (κ2) is 4.15. The van der Waals surface area contributed by atoms with Crippen molar-refractivity contribution in [2.75, 3.05) is 12.3 Å². The van der Waals surface area contributed by atoms with Crippen LogP contribution in [0.15, 0.2) is 12.3 Å². The molecular formula is C9H15N3O2. The van der Waals surface area contributed by atoms with Gasteiger partial charge < -0.3 is 20.7 Å². The van der Waals surface area contributed by atoms with Gasteiger partial charge in [-0.05, 0) is 13.0 Å². The molecule has 0 fully saturated rings.